The number of rotatable bonds is 4. The molecule has 0 N–H and O–H groups in total. The molecule has 5 atom stereocenters. The van der Waals surface area contributed by atoms with E-state index in [0.717, 1.165) is 11.2 Å². The lowest BCUT2D eigenvalue weighted by Gasteiger charge is -2.37. The molecule has 1 spiro atoms. The number of fused-ring (bicyclic) bond motifs is 4. The van der Waals surface area contributed by atoms with Gasteiger partial charge in [0.2, 0.25) is 12.3 Å². The van der Waals surface area contributed by atoms with Gasteiger partial charge in [-0.1, -0.05) is 53.3 Å². The zero-order chi connectivity index (χ0) is 30.4. The van der Waals surface area contributed by atoms with E-state index in [2.05, 4.69) is 0 Å². The second kappa shape index (κ2) is 11.9. The molecule has 2 fully saturated rings. The highest BCUT2D eigenvalue weighted by atomic mass is 35.5. The highest BCUT2D eigenvalue weighted by Gasteiger charge is 2.70. The van der Waals surface area contributed by atoms with Gasteiger partial charge in [-0.15, -0.1) is 0 Å². The summed E-state index contributed by atoms with van der Waals surface area (Å²) in [5, 5.41) is 1.16. The Hall–Kier alpha value is -2.69. The average molecular weight is 643 g/mol. The number of halogens is 4. The summed E-state index contributed by atoms with van der Waals surface area (Å²) >= 11 is 25.3. The second-order valence-corrected chi connectivity index (χ2v) is 11.8. The topological polar surface area (TPSA) is 104 Å². The van der Waals surface area contributed by atoms with Crippen LogP contribution in [0, 0.1) is 11.8 Å². The predicted molar refractivity (Wildman–Crippen MR) is 157 cm³/mol. The molecule has 5 rings (SSSR count). The van der Waals surface area contributed by atoms with Crippen LogP contribution in [0.5, 0.6) is 0 Å². The first-order chi connectivity index (χ1) is 19.3. The van der Waals surface area contributed by atoms with E-state index < -0.39 is 41.4 Å². The van der Waals surface area contributed by atoms with Crippen molar-refractivity contribution in [2.45, 2.75) is 44.9 Å². The number of hydrogen-bond acceptors (Lipinski definition) is 7. The van der Waals surface area contributed by atoms with Crippen LogP contribution in [0.4, 0.5) is 11.4 Å². The molecule has 2 saturated heterocycles. The number of amides is 3. The van der Waals surface area contributed by atoms with Gasteiger partial charge in [-0.25, -0.2) is 0 Å². The van der Waals surface area contributed by atoms with E-state index in [1.54, 1.807) is 19.2 Å². The first-order valence-electron chi connectivity index (χ1n) is 12.7. The number of nitrogens with zero attached hydrogens (tertiary/aromatic N) is 3. The van der Waals surface area contributed by atoms with Gasteiger partial charge in [0.05, 0.1) is 22.3 Å². The number of imide groups is 1. The molecule has 9 nitrogen and oxygen atoms in total. The molecule has 13 heteroatoms. The smallest absolute Gasteiger partial charge is 0.302 e. The minimum atomic E-state index is -1.32. The summed E-state index contributed by atoms with van der Waals surface area (Å²) in [5.41, 5.74) is -0.0381. The maximum Gasteiger partial charge on any atom is 0.302 e. The third-order valence-electron chi connectivity index (χ3n) is 7.86. The largest absolute Gasteiger partial charge is 0.461 e. The number of aldehydes is 1. The maximum absolute atomic E-state index is 14.2. The van der Waals surface area contributed by atoms with Gasteiger partial charge < -0.3 is 14.4 Å². The van der Waals surface area contributed by atoms with Crippen molar-refractivity contribution in [3.8, 4) is 0 Å². The van der Waals surface area contributed by atoms with Gasteiger partial charge in [-0.05, 0) is 37.3 Å². The summed E-state index contributed by atoms with van der Waals surface area (Å²) < 4.78 is 5.53. The number of hydrogen-bond donors (Lipinski definition) is 0. The Balaban J connectivity index is 0.00000124. The molecule has 3 aliphatic heterocycles. The lowest BCUT2D eigenvalue weighted by molar-refractivity contribution is -0.146. The van der Waals surface area contributed by atoms with Crippen molar-refractivity contribution in [2.24, 2.45) is 11.8 Å². The summed E-state index contributed by atoms with van der Waals surface area (Å²) in [6.07, 6.45) is 0.903. The number of anilines is 2. The molecule has 0 radical (unpaired) electrons. The minimum Gasteiger partial charge on any atom is -0.461 e. The van der Waals surface area contributed by atoms with E-state index in [9.17, 15) is 19.2 Å². The second-order valence-electron chi connectivity index (χ2n) is 10.1. The first-order valence-corrected chi connectivity index (χ1v) is 14.2. The van der Waals surface area contributed by atoms with Crippen molar-refractivity contribution in [2.75, 3.05) is 23.4 Å². The lowest BCUT2D eigenvalue weighted by Crippen LogP contribution is -2.53. The number of carbonyl (C=O) groups is 5. The van der Waals surface area contributed by atoms with Crippen LogP contribution in [0.25, 0.3) is 0 Å². The summed E-state index contributed by atoms with van der Waals surface area (Å²) in [5.74, 6) is -2.72. The number of benzene rings is 2. The van der Waals surface area contributed by atoms with Crippen LogP contribution < -0.4 is 9.80 Å². The van der Waals surface area contributed by atoms with Crippen LogP contribution in [0.3, 0.4) is 0 Å². The number of carbonyl (C=O) groups excluding carboxylic acids is 5. The monoisotopic (exact) mass is 641 g/mol. The highest BCUT2D eigenvalue weighted by molar-refractivity contribution is 6.38. The molecule has 5 unspecified atom stereocenters. The summed E-state index contributed by atoms with van der Waals surface area (Å²) in [6.45, 7) is 4.78. The average Bonchev–Trinajstić information content (AvgIpc) is 3.43. The number of likely N-dealkylation sites (N-methyl/N-ethyl adjacent to an activating group) is 1. The molecule has 218 valence electrons. The molecular weight excluding hydrogens is 616 g/mol. The molecule has 0 aliphatic carbocycles. The van der Waals surface area contributed by atoms with Crippen molar-refractivity contribution < 1.29 is 28.7 Å². The summed E-state index contributed by atoms with van der Waals surface area (Å²) in [7, 11) is 1.62. The van der Waals surface area contributed by atoms with Crippen molar-refractivity contribution in [1.29, 1.82) is 0 Å². The van der Waals surface area contributed by atoms with Gasteiger partial charge in [0.25, 0.3) is 5.91 Å². The Morgan fingerprint density at radius 2 is 1.63 bits per heavy atom. The zero-order valence-corrected chi connectivity index (χ0v) is 25.6. The normalized spacial score (nSPS) is 26.2. The van der Waals surface area contributed by atoms with Gasteiger partial charge in [0, 0.05) is 59.5 Å². The maximum atomic E-state index is 14.2. The third kappa shape index (κ3) is 5.12. The summed E-state index contributed by atoms with van der Waals surface area (Å²) in [4.78, 5) is 65.6. The number of ether oxygens (including phenoxy) is 1. The van der Waals surface area contributed by atoms with Crippen molar-refractivity contribution in [3.05, 3.63) is 56.0 Å². The van der Waals surface area contributed by atoms with Crippen LogP contribution in [-0.2, 0) is 34.2 Å². The third-order valence-corrected chi connectivity index (χ3v) is 8.80. The van der Waals surface area contributed by atoms with E-state index in [1.807, 2.05) is 11.8 Å². The Kier molecular flexibility index (Phi) is 9.07. The van der Waals surface area contributed by atoms with Crippen molar-refractivity contribution in [3.63, 3.8) is 0 Å². The first kappa shape index (κ1) is 31.3. The fraction of sp³-hybridized carbons (Fsp3) is 0.393. The van der Waals surface area contributed by atoms with Crippen molar-refractivity contribution in [1.82, 2.24) is 4.90 Å². The van der Waals surface area contributed by atoms with E-state index >= 15 is 0 Å². The van der Waals surface area contributed by atoms with Crippen LogP contribution >= 0.6 is 46.4 Å². The van der Waals surface area contributed by atoms with Crippen LogP contribution in [0.2, 0.25) is 20.1 Å². The zero-order valence-electron chi connectivity index (χ0n) is 22.6. The quantitative estimate of drug-likeness (QED) is 0.336. The van der Waals surface area contributed by atoms with Gasteiger partial charge >= 0.3 is 5.97 Å². The Labute approximate surface area is 257 Å². The molecule has 3 aliphatic rings. The Bertz CT molecular complexity index is 1420. The molecule has 2 aromatic carbocycles. The van der Waals surface area contributed by atoms with Crippen LogP contribution in [0.1, 0.15) is 32.8 Å². The van der Waals surface area contributed by atoms with Crippen LogP contribution in [0.15, 0.2) is 30.3 Å². The van der Waals surface area contributed by atoms with E-state index in [4.69, 9.17) is 55.9 Å². The van der Waals surface area contributed by atoms with Gasteiger partial charge in [0.1, 0.15) is 17.9 Å². The van der Waals surface area contributed by atoms with E-state index in [-0.39, 0.29) is 28.2 Å². The fourth-order valence-corrected chi connectivity index (χ4v) is 7.73. The van der Waals surface area contributed by atoms with Crippen molar-refractivity contribution >= 4 is 88.3 Å². The molecule has 0 bridgehead atoms. The molecule has 3 amide bonds. The van der Waals surface area contributed by atoms with E-state index in [1.165, 1.54) is 36.9 Å². The molecule has 0 saturated carbocycles. The van der Waals surface area contributed by atoms with E-state index in [0.29, 0.717) is 34.1 Å². The van der Waals surface area contributed by atoms with Gasteiger partial charge in [-0.2, -0.15) is 0 Å². The molecule has 0 aromatic heterocycles. The standard InChI is InChI=1S/C26H23Cl4N3O5.C2H4O/c1-12-22(24(36)32(11-34)17-5-14(27)4-15(28)6-17)21-9-18(38-13(2)35)10-33(21)26(12)19-7-16(29)8-20(30)23(19)31(3)25(26)37;1-2-3/h4-8,11-12,18,21-22H,9-10H2,1-3H3;2H,1H3. The Morgan fingerprint density at radius 1 is 1.05 bits per heavy atom. The lowest BCUT2D eigenvalue weighted by atomic mass is 9.74. The predicted octanol–water partition coefficient (Wildman–Crippen LogP) is 5.14. The Morgan fingerprint density at radius 3 is 2.20 bits per heavy atom. The minimum absolute atomic E-state index is 0.207. The molecule has 41 heavy (non-hydrogen) atoms. The molecule has 3 heterocycles. The fourth-order valence-electron chi connectivity index (χ4n) is 6.59. The van der Waals surface area contributed by atoms with Gasteiger partial charge in [-0.3, -0.25) is 29.0 Å². The molecule has 2 aromatic rings. The number of esters is 1. The highest BCUT2D eigenvalue weighted by Crippen LogP contribution is 2.60. The van der Waals surface area contributed by atoms with Gasteiger partial charge in [0.15, 0.2) is 0 Å². The molecular formula is C28H27Cl4N3O6. The summed E-state index contributed by atoms with van der Waals surface area (Å²) in [6, 6.07) is 7.15. The SMILES string of the molecule is CC(=O)OC1CC2C(C(=O)N(C=O)c3cc(Cl)cc(Cl)c3)C(C)C3(C(=O)N(C)c4c(Cl)cc(Cl)cc43)N2C1.CC=O. The van der Waals surface area contributed by atoms with Crippen LogP contribution in [-0.4, -0.2) is 61.1 Å².